The molecule has 178 valence electrons. The maximum absolute atomic E-state index is 14.8. The third kappa shape index (κ3) is 5.95. The van der Waals surface area contributed by atoms with E-state index in [4.69, 9.17) is 21.4 Å². The molecule has 33 heavy (non-hydrogen) atoms. The number of nitrogens with zero attached hydrogens (tertiary/aromatic N) is 5. The number of ether oxygens (including phenoxy) is 1. The van der Waals surface area contributed by atoms with Gasteiger partial charge in [0.05, 0.1) is 25.4 Å². The van der Waals surface area contributed by atoms with Gasteiger partial charge in [0, 0.05) is 23.9 Å². The fourth-order valence-electron chi connectivity index (χ4n) is 3.46. The van der Waals surface area contributed by atoms with Crippen LogP contribution in [0.5, 0.6) is 0 Å². The van der Waals surface area contributed by atoms with Crippen LogP contribution in [0, 0.1) is 5.82 Å². The summed E-state index contributed by atoms with van der Waals surface area (Å²) in [6.45, 7) is 7.17. The van der Waals surface area contributed by atoms with Gasteiger partial charge in [0.1, 0.15) is 17.6 Å². The zero-order valence-electron chi connectivity index (χ0n) is 18.8. The molecule has 1 saturated heterocycles. The summed E-state index contributed by atoms with van der Waals surface area (Å²) in [6.07, 6.45) is 0.261. The van der Waals surface area contributed by atoms with Gasteiger partial charge in [0.25, 0.3) is 0 Å². The molecule has 0 bridgehead atoms. The Morgan fingerprint density at radius 3 is 2.64 bits per heavy atom. The molecule has 0 spiro atoms. The van der Waals surface area contributed by atoms with E-state index in [0.717, 1.165) is 19.6 Å². The summed E-state index contributed by atoms with van der Waals surface area (Å²) >= 11 is 0. The van der Waals surface area contributed by atoms with Crippen molar-refractivity contribution in [2.24, 2.45) is 16.7 Å². The fourth-order valence-corrected chi connectivity index (χ4v) is 3.46. The van der Waals surface area contributed by atoms with Crippen LogP contribution in [0.4, 0.5) is 14.9 Å². The molecule has 1 atom stereocenters. The molecule has 1 aromatic heterocycles. The number of amidine groups is 1. The number of benzene rings is 1. The molecule has 2 aromatic rings. The van der Waals surface area contributed by atoms with Crippen molar-refractivity contribution in [3.63, 3.8) is 0 Å². The van der Waals surface area contributed by atoms with E-state index in [1.54, 1.807) is 24.3 Å². The molecule has 11 heteroatoms. The lowest BCUT2D eigenvalue weighted by molar-refractivity contribution is 0.0963. The maximum Gasteiger partial charge on any atom is 0.414 e. The first kappa shape index (κ1) is 24.4. The lowest BCUT2D eigenvalue weighted by Gasteiger charge is -2.21. The molecule has 1 unspecified atom stereocenters. The van der Waals surface area contributed by atoms with E-state index in [2.05, 4.69) is 28.8 Å². The van der Waals surface area contributed by atoms with Gasteiger partial charge in [-0.2, -0.15) is 0 Å². The number of carbonyl (C=O) groups is 1. The molecule has 10 nitrogen and oxygen atoms in total. The number of amides is 1. The van der Waals surface area contributed by atoms with Gasteiger partial charge in [-0.1, -0.05) is 19.9 Å². The van der Waals surface area contributed by atoms with Gasteiger partial charge in [0.2, 0.25) is 0 Å². The molecule has 2 heterocycles. The number of pyridine rings is 1. The first-order valence-electron chi connectivity index (χ1n) is 10.8. The highest BCUT2D eigenvalue weighted by molar-refractivity contribution is 5.95. The van der Waals surface area contributed by atoms with Crippen molar-refractivity contribution in [2.45, 2.75) is 20.0 Å². The van der Waals surface area contributed by atoms with Gasteiger partial charge in [-0.25, -0.2) is 20.1 Å². The molecule has 3 rings (SSSR count). The largest absolute Gasteiger partial charge is 0.441 e. The molecule has 1 fully saturated rings. The molecular weight excluding hydrogens is 429 g/mol. The van der Waals surface area contributed by atoms with Crippen molar-refractivity contribution in [3.8, 4) is 11.1 Å². The van der Waals surface area contributed by atoms with Crippen molar-refractivity contribution in [1.82, 2.24) is 15.0 Å². The van der Waals surface area contributed by atoms with Gasteiger partial charge in [-0.05, 0) is 37.4 Å². The van der Waals surface area contributed by atoms with Crippen LogP contribution in [0.1, 0.15) is 19.5 Å². The minimum absolute atomic E-state index is 0.158. The lowest BCUT2D eigenvalue weighted by atomic mass is 10.1. The smallest absolute Gasteiger partial charge is 0.414 e. The minimum Gasteiger partial charge on any atom is -0.441 e. The molecule has 1 aliphatic heterocycles. The number of nitrogens with two attached hydrogens (primary N) is 2. The number of likely N-dealkylation sites (N-methyl/N-ethyl adjacent to an activating group) is 1. The topological polar surface area (TPSA) is 134 Å². The SMILES string of the molecule is CCN(CC)CCN(N)/N=C(\N)c1ccc(-c2ccc(N3CC(CO)OC3=O)cc2F)cn1. The van der Waals surface area contributed by atoms with Gasteiger partial charge in [-0.15, -0.1) is 5.10 Å². The number of aliphatic hydroxyl groups excluding tert-OH is 1. The van der Waals surface area contributed by atoms with E-state index in [1.165, 1.54) is 22.3 Å². The summed E-state index contributed by atoms with van der Waals surface area (Å²) in [7, 11) is 0. The van der Waals surface area contributed by atoms with Crippen molar-refractivity contribution in [1.29, 1.82) is 0 Å². The van der Waals surface area contributed by atoms with Crippen molar-refractivity contribution in [3.05, 3.63) is 48.0 Å². The van der Waals surface area contributed by atoms with Gasteiger partial charge in [-0.3, -0.25) is 9.88 Å². The lowest BCUT2D eigenvalue weighted by Crippen LogP contribution is -2.37. The summed E-state index contributed by atoms with van der Waals surface area (Å²) in [6, 6.07) is 7.76. The number of anilines is 1. The third-order valence-corrected chi connectivity index (χ3v) is 5.45. The summed E-state index contributed by atoms with van der Waals surface area (Å²) in [5.41, 5.74) is 7.65. The summed E-state index contributed by atoms with van der Waals surface area (Å²) < 4.78 is 19.8. The highest BCUT2D eigenvalue weighted by atomic mass is 19.1. The molecule has 5 N–H and O–H groups in total. The Bertz CT molecular complexity index is 982. The Hall–Kier alpha value is -3.28. The average molecular weight is 460 g/mol. The van der Waals surface area contributed by atoms with Crippen LogP contribution in [0.15, 0.2) is 41.6 Å². The van der Waals surface area contributed by atoms with Crippen LogP contribution in [0.25, 0.3) is 11.1 Å². The number of cyclic esters (lactones) is 1. The molecule has 1 aromatic carbocycles. The highest BCUT2D eigenvalue weighted by Gasteiger charge is 2.32. The zero-order valence-corrected chi connectivity index (χ0v) is 18.8. The number of hydrogen-bond donors (Lipinski definition) is 3. The number of aromatic nitrogens is 1. The average Bonchev–Trinajstić information content (AvgIpc) is 3.20. The second-order valence-corrected chi connectivity index (χ2v) is 7.57. The van der Waals surface area contributed by atoms with Gasteiger partial charge >= 0.3 is 6.09 Å². The number of aliphatic hydroxyl groups is 1. The van der Waals surface area contributed by atoms with E-state index >= 15 is 0 Å². The second-order valence-electron chi connectivity index (χ2n) is 7.57. The minimum atomic E-state index is -0.620. The zero-order chi connectivity index (χ0) is 24.0. The third-order valence-electron chi connectivity index (χ3n) is 5.45. The van der Waals surface area contributed by atoms with Crippen LogP contribution in [0.3, 0.4) is 0 Å². The van der Waals surface area contributed by atoms with Crippen molar-refractivity contribution in [2.75, 3.05) is 44.2 Å². The van der Waals surface area contributed by atoms with Gasteiger partial charge < -0.3 is 20.5 Å². The predicted octanol–water partition coefficient (Wildman–Crippen LogP) is 1.34. The first-order valence-corrected chi connectivity index (χ1v) is 10.8. The van der Waals surface area contributed by atoms with Crippen LogP contribution in [-0.2, 0) is 4.74 Å². The van der Waals surface area contributed by atoms with Crippen LogP contribution in [0.2, 0.25) is 0 Å². The van der Waals surface area contributed by atoms with E-state index in [0.29, 0.717) is 29.1 Å². The molecule has 1 amide bonds. The molecule has 1 aliphatic rings. The molecule has 0 saturated carbocycles. The van der Waals surface area contributed by atoms with Gasteiger partial charge in [0.15, 0.2) is 5.84 Å². The number of hydrazine groups is 1. The molecule has 0 aliphatic carbocycles. The number of rotatable bonds is 10. The Morgan fingerprint density at radius 1 is 1.30 bits per heavy atom. The monoisotopic (exact) mass is 459 g/mol. The Morgan fingerprint density at radius 2 is 2.06 bits per heavy atom. The maximum atomic E-state index is 14.8. The van der Waals surface area contributed by atoms with Crippen LogP contribution >= 0.6 is 0 Å². The fraction of sp³-hybridized carbons (Fsp3) is 0.409. The Balaban J connectivity index is 1.69. The Kier molecular flexibility index (Phi) is 8.15. The molecule has 0 radical (unpaired) electrons. The van der Waals surface area contributed by atoms with Crippen molar-refractivity contribution < 1.29 is 19.0 Å². The molecular formula is C22H30FN7O3. The first-order chi connectivity index (χ1) is 15.9. The summed E-state index contributed by atoms with van der Waals surface area (Å²) in [4.78, 5) is 19.7. The van der Waals surface area contributed by atoms with E-state index < -0.39 is 18.0 Å². The predicted molar refractivity (Wildman–Crippen MR) is 124 cm³/mol. The standard InChI is InChI=1S/C22H30FN7O3/c1-3-28(4-2)9-10-30(25)27-21(24)20-8-5-15(12-26-20)18-7-6-16(11-19(18)23)29-13-17(14-31)33-22(29)32/h5-8,11-12,17,31H,3-4,9-10,13-14,25H2,1-2H3,(H2,24,27). The van der Waals surface area contributed by atoms with Crippen LogP contribution in [-0.4, -0.2) is 77.5 Å². The summed E-state index contributed by atoms with van der Waals surface area (Å²) in [5, 5.41) is 14.6. The normalized spacial score (nSPS) is 16.4. The number of halogens is 1. The second kappa shape index (κ2) is 11.0. The number of hydrazone groups is 1. The van der Waals surface area contributed by atoms with E-state index in [1.807, 2.05) is 0 Å². The van der Waals surface area contributed by atoms with E-state index in [9.17, 15) is 9.18 Å². The van der Waals surface area contributed by atoms with Crippen LogP contribution < -0.4 is 16.5 Å². The van der Waals surface area contributed by atoms with Crippen molar-refractivity contribution >= 4 is 17.6 Å². The number of carbonyl (C=O) groups excluding carboxylic acids is 1. The van der Waals surface area contributed by atoms with E-state index in [-0.39, 0.29) is 19.0 Å². The highest BCUT2D eigenvalue weighted by Crippen LogP contribution is 2.28. The Labute approximate surface area is 192 Å². The summed E-state index contributed by atoms with van der Waals surface area (Å²) in [5.74, 6) is 5.55. The number of hydrogen-bond acceptors (Lipinski definition) is 8. The quantitative estimate of drug-likeness (QED) is 0.210.